The molecule has 3 heteroatoms. The summed E-state index contributed by atoms with van der Waals surface area (Å²) in [6, 6.07) is 6.67. The van der Waals surface area contributed by atoms with E-state index in [0.29, 0.717) is 12.0 Å². The van der Waals surface area contributed by atoms with Gasteiger partial charge >= 0.3 is 0 Å². The van der Waals surface area contributed by atoms with Gasteiger partial charge in [0.05, 0.1) is 6.10 Å². The van der Waals surface area contributed by atoms with Crippen molar-refractivity contribution in [3.63, 3.8) is 0 Å². The minimum absolute atomic E-state index is 0.0753. The fourth-order valence-electron chi connectivity index (χ4n) is 1.48. The molecule has 88 valence electrons. The van der Waals surface area contributed by atoms with Gasteiger partial charge in [-0.1, -0.05) is 24.3 Å². The van der Waals surface area contributed by atoms with Crippen molar-refractivity contribution >= 4 is 5.78 Å². The molecule has 1 rings (SSSR count). The lowest BCUT2D eigenvalue weighted by Gasteiger charge is -2.24. The molecule has 16 heavy (non-hydrogen) atoms. The van der Waals surface area contributed by atoms with Crippen LogP contribution in [0.25, 0.3) is 0 Å². The average Bonchev–Trinajstić information content (AvgIpc) is 2.17. The summed E-state index contributed by atoms with van der Waals surface area (Å²) in [5, 5.41) is 9.32. The number of aliphatic hydroxyl groups excluding tert-OH is 1. The molecule has 0 fully saturated rings. The molecule has 2 atom stereocenters. The first-order valence-corrected chi connectivity index (χ1v) is 5.30. The van der Waals surface area contributed by atoms with E-state index in [0.717, 1.165) is 5.56 Å². The predicted molar refractivity (Wildman–Crippen MR) is 61.0 cm³/mol. The van der Waals surface area contributed by atoms with Gasteiger partial charge in [-0.15, -0.1) is 0 Å². The number of hydrogen-bond acceptors (Lipinski definition) is 2. The van der Waals surface area contributed by atoms with Gasteiger partial charge in [-0.05, 0) is 31.9 Å². The molecule has 0 aliphatic carbocycles. The number of hydrogen-bond donors (Lipinski definition) is 1. The van der Waals surface area contributed by atoms with Crippen LogP contribution in [0, 0.1) is 0 Å². The Morgan fingerprint density at radius 3 is 2.31 bits per heavy atom. The molecule has 0 aliphatic rings. The van der Waals surface area contributed by atoms with Crippen LogP contribution in [-0.2, 0) is 16.9 Å². The molecule has 1 N–H and O–H groups in total. The Hall–Kier alpha value is -1.22. The van der Waals surface area contributed by atoms with Crippen LogP contribution in [0.3, 0.4) is 0 Å². The highest BCUT2D eigenvalue weighted by Gasteiger charge is 2.31. The number of carbonyl (C=O) groups is 1. The summed E-state index contributed by atoms with van der Waals surface area (Å²) in [5.41, 5.74) is -0.471. The number of halogens is 1. The van der Waals surface area contributed by atoms with Crippen molar-refractivity contribution < 1.29 is 14.3 Å². The normalized spacial score (nSPS) is 16.6. The van der Waals surface area contributed by atoms with Crippen LogP contribution in [0.2, 0.25) is 0 Å². The Morgan fingerprint density at radius 1 is 1.44 bits per heavy atom. The smallest absolute Gasteiger partial charge is 0.158 e. The van der Waals surface area contributed by atoms with Crippen molar-refractivity contribution in [2.24, 2.45) is 0 Å². The van der Waals surface area contributed by atoms with Gasteiger partial charge in [0, 0.05) is 6.42 Å². The summed E-state index contributed by atoms with van der Waals surface area (Å²) in [7, 11) is 0. The van der Waals surface area contributed by atoms with Crippen molar-refractivity contribution in [1.82, 2.24) is 0 Å². The number of Topliss-reactive ketones (excluding diaryl/α,β-unsaturated/α-hetero) is 1. The number of ketones is 1. The molecule has 1 aromatic carbocycles. The molecular weight excluding hydrogens is 207 g/mol. The minimum atomic E-state index is -1.76. The van der Waals surface area contributed by atoms with E-state index in [1.807, 2.05) is 0 Å². The van der Waals surface area contributed by atoms with E-state index in [4.69, 9.17) is 0 Å². The van der Waals surface area contributed by atoms with Gasteiger partial charge in [0.2, 0.25) is 0 Å². The van der Waals surface area contributed by atoms with Gasteiger partial charge in [-0.3, -0.25) is 4.79 Å². The molecule has 0 spiro atoms. The maximum absolute atomic E-state index is 14.0. The molecule has 0 heterocycles. The monoisotopic (exact) mass is 224 g/mol. The highest BCUT2D eigenvalue weighted by Crippen LogP contribution is 2.29. The van der Waals surface area contributed by atoms with E-state index in [9.17, 15) is 14.3 Å². The molecule has 1 aromatic rings. The molecule has 2 nitrogen and oxygen atoms in total. The maximum Gasteiger partial charge on any atom is 0.158 e. The Morgan fingerprint density at radius 2 is 1.94 bits per heavy atom. The van der Waals surface area contributed by atoms with Crippen LogP contribution in [0.15, 0.2) is 24.3 Å². The fourth-order valence-corrected chi connectivity index (χ4v) is 1.48. The second-order valence-corrected chi connectivity index (χ2v) is 4.33. The van der Waals surface area contributed by atoms with Gasteiger partial charge < -0.3 is 5.11 Å². The quantitative estimate of drug-likeness (QED) is 0.852. The Balaban J connectivity index is 2.90. The fraction of sp³-hybridized carbons (Fsp3) is 0.462. The number of carbonyl (C=O) groups excluding carboxylic acids is 1. The second kappa shape index (κ2) is 4.74. The predicted octanol–water partition coefficient (Wildman–Crippen LogP) is 2.38. The van der Waals surface area contributed by atoms with Crippen LogP contribution in [0.5, 0.6) is 0 Å². The average molecular weight is 224 g/mol. The third kappa shape index (κ3) is 2.89. The van der Waals surface area contributed by atoms with Gasteiger partial charge in [0.1, 0.15) is 5.78 Å². The lowest BCUT2D eigenvalue weighted by molar-refractivity contribution is -0.116. The highest BCUT2D eigenvalue weighted by atomic mass is 19.1. The molecule has 0 amide bonds. The van der Waals surface area contributed by atoms with E-state index in [1.54, 1.807) is 24.3 Å². The molecule has 0 aliphatic heterocycles. The first-order valence-electron chi connectivity index (χ1n) is 5.30. The van der Waals surface area contributed by atoms with Crippen LogP contribution in [0.4, 0.5) is 4.39 Å². The van der Waals surface area contributed by atoms with E-state index in [1.165, 1.54) is 20.8 Å². The zero-order valence-corrected chi connectivity index (χ0v) is 9.83. The summed E-state index contributed by atoms with van der Waals surface area (Å²) in [5.74, 6) is 0.0753. The largest absolute Gasteiger partial charge is 0.390 e. The van der Waals surface area contributed by atoms with Gasteiger partial charge in [0.25, 0.3) is 0 Å². The lowest BCUT2D eigenvalue weighted by atomic mass is 9.92. The topological polar surface area (TPSA) is 37.3 Å². The Labute approximate surface area is 95.1 Å². The van der Waals surface area contributed by atoms with Crippen molar-refractivity contribution in [2.75, 3.05) is 0 Å². The third-order valence-corrected chi connectivity index (χ3v) is 2.76. The second-order valence-electron chi connectivity index (χ2n) is 4.33. The Bertz CT molecular complexity index is 366. The molecule has 2 unspecified atom stereocenters. The minimum Gasteiger partial charge on any atom is -0.390 e. The van der Waals surface area contributed by atoms with Crippen molar-refractivity contribution in [3.8, 4) is 0 Å². The standard InChI is InChI=1S/C13H17FO2/c1-9(15)8-11-4-6-12(7-5-11)13(3,14)10(2)16/h4-7,10,16H,8H2,1-3H3. The van der Waals surface area contributed by atoms with Crippen LogP contribution < -0.4 is 0 Å². The molecule has 0 saturated carbocycles. The van der Waals surface area contributed by atoms with E-state index < -0.39 is 11.8 Å². The lowest BCUT2D eigenvalue weighted by Crippen LogP contribution is -2.29. The number of alkyl halides is 1. The van der Waals surface area contributed by atoms with Crippen molar-refractivity contribution in [2.45, 2.75) is 39.0 Å². The summed E-state index contributed by atoms with van der Waals surface area (Å²) in [6.45, 7) is 4.28. The molecule has 0 saturated heterocycles. The summed E-state index contributed by atoms with van der Waals surface area (Å²) < 4.78 is 14.0. The van der Waals surface area contributed by atoms with Crippen molar-refractivity contribution in [3.05, 3.63) is 35.4 Å². The summed E-state index contributed by atoms with van der Waals surface area (Å²) >= 11 is 0. The number of aliphatic hydroxyl groups is 1. The highest BCUT2D eigenvalue weighted by molar-refractivity contribution is 5.78. The van der Waals surface area contributed by atoms with Crippen LogP contribution >= 0.6 is 0 Å². The molecular formula is C13H17FO2. The Kier molecular flexibility index (Phi) is 3.81. The first kappa shape index (κ1) is 12.8. The van der Waals surface area contributed by atoms with Gasteiger partial charge in [-0.2, -0.15) is 0 Å². The third-order valence-electron chi connectivity index (χ3n) is 2.76. The van der Waals surface area contributed by atoms with Crippen LogP contribution in [0.1, 0.15) is 31.9 Å². The SMILES string of the molecule is CC(=O)Cc1ccc(C(C)(F)C(C)O)cc1. The summed E-state index contributed by atoms with van der Waals surface area (Å²) in [6.07, 6.45) is -0.705. The number of benzene rings is 1. The van der Waals surface area contributed by atoms with Gasteiger partial charge in [-0.25, -0.2) is 4.39 Å². The molecule has 0 radical (unpaired) electrons. The number of rotatable bonds is 4. The zero-order chi connectivity index (χ0) is 12.3. The first-order chi connectivity index (χ1) is 7.34. The molecule has 0 aromatic heterocycles. The van der Waals surface area contributed by atoms with Crippen LogP contribution in [-0.4, -0.2) is 17.0 Å². The maximum atomic E-state index is 14.0. The van der Waals surface area contributed by atoms with Gasteiger partial charge in [0.15, 0.2) is 5.67 Å². The van der Waals surface area contributed by atoms with E-state index in [-0.39, 0.29) is 5.78 Å². The molecule has 0 bridgehead atoms. The van der Waals surface area contributed by atoms with E-state index >= 15 is 0 Å². The van der Waals surface area contributed by atoms with Crippen molar-refractivity contribution in [1.29, 1.82) is 0 Å². The van der Waals surface area contributed by atoms with E-state index in [2.05, 4.69) is 0 Å². The zero-order valence-electron chi connectivity index (χ0n) is 9.83. The summed E-state index contributed by atoms with van der Waals surface area (Å²) in [4.78, 5) is 10.9.